The molecule has 0 aliphatic rings. The number of rotatable bonds is 29. The highest BCUT2D eigenvalue weighted by molar-refractivity contribution is 8.06. The molecule has 0 amide bonds. The molecule has 1 aromatic carbocycles. The van der Waals surface area contributed by atoms with Gasteiger partial charge in [-0.3, -0.25) is 9.11 Å². The van der Waals surface area contributed by atoms with Crippen LogP contribution in [0.25, 0.3) is 0 Å². The first kappa shape index (κ1) is 50.6. The number of nitrogens with one attached hydrogen (secondary N) is 6. The van der Waals surface area contributed by atoms with Crippen LogP contribution < -0.4 is 40.5 Å². The molecule has 3 rings (SSSR count). The molecule has 2 heterocycles. The Bertz CT molecular complexity index is 2370. The molecule has 0 radical (unpaired) electrons. The fraction of sp³-hybridized carbons (Fsp3) is 0.517. The van der Waals surface area contributed by atoms with Crippen molar-refractivity contribution in [2.24, 2.45) is 0 Å². The average Bonchev–Trinajstić information content (AvgIpc) is 3.17. The Hall–Kier alpha value is -4.74. The van der Waals surface area contributed by atoms with E-state index in [1.165, 1.54) is 21.9 Å². The molecule has 32 heteroatoms. The second-order valence-corrected chi connectivity index (χ2v) is 19.2. The number of hydrogen-bond donors (Lipinski definition) is 12. The lowest BCUT2D eigenvalue weighted by molar-refractivity contribution is 0.279. The van der Waals surface area contributed by atoms with Gasteiger partial charge in [0.2, 0.25) is 55.7 Å². The van der Waals surface area contributed by atoms with E-state index in [9.17, 15) is 58.7 Å². The Morgan fingerprint density at radius 2 is 1.07 bits per heavy atom. The first-order chi connectivity index (χ1) is 28.7. The molecule has 0 aliphatic carbocycles. The van der Waals surface area contributed by atoms with Crippen molar-refractivity contribution in [3.8, 4) is 0 Å². The first-order valence-corrected chi connectivity index (χ1v) is 24.0. The van der Waals surface area contributed by atoms with Crippen LogP contribution in [0.3, 0.4) is 0 Å². The number of anilines is 7. The third-order valence-electron chi connectivity index (χ3n) is 7.51. The Morgan fingerprint density at radius 3 is 1.51 bits per heavy atom. The molecular weight excluding hydrogens is 897 g/mol. The van der Waals surface area contributed by atoms with Crippen LogP contribution in [-0.4, -0.2) is 184 Å². The molecule has 0 bridgehead atoms. The van der Waals surface area contributed by atoms with Gasteiger partial charge in [0, 0.05) is 64.6 Å². The smallest absolute Gasteiger partial charge is 0.294 e. The Morgan fingerprint density at radius 1 is 0.623 bits per heavy atom. The fourth-order valence-corrected chi connectivity index (χ4v) is 8.66. The van der Waals surface area contributed by atoms with Gasteiger partial charge in [-0.1, -0.05) is 6.07 Å². The van der Waals surface area contributed by atoms with Crippen LogP contribution in [0.1, 0.15) is 6.92 Å². The highest BCUT2D eigenvalue weighted by Crippen LogP contribution is 2.21. The lowest BCUT2D eigenvalue weighted by Gasteiger charge is -2.21. The summed E-state index contributed by atoms with van der Waals surface area (Å²) in [6.45, 7) is -1.41. The van der Waals surface area contributed by atoms with Crippen LogP contribution in [0.4, 0.5) is 41.4 Å². The van der Waals surface area contributed by atoms with Gasteiger partial charge in [0.25, 0.3) is 20.2 Å². The lowest BCUT2D eigenvalue weighted by atomic mass is 10.3. The van der Waals surface area contributed by atoms with Crippen molar-refractivity contribution in [1.29, 1.82) is 0 Å². The number of allylic oxidation sites excluding steroid dienone is 1. The van der Waals surface area contributed by atoms with Crippen LogP contribution in [0.5, 0.6) is 0 Å². The summed E-state index contributed by atoms with van der Waals surface area (Å²) < 4.78 is 119. The highest BCUT2D eigenvalue weighted by Gasteiger charge is 2.22. The molecule has 342 valence electrons. The number of hydrogen-bond acceptors (Lipinski definition) is 24. The standard InChI is InChI=1S/C29H48N14O14S4/c1-21(60(52,53)54)5-6-30-24-36-25(39-28(38-24)42(11-15-44)12-16-45)31-7-9-33-58(48,49)20-59(50,51)34-10-8-32-26-37-27(41-29(40-26)43(13-17-46)14-18-47)35-22-3-2-4-23(19-22)61(55,56)57/h2-5,19,33-34,44-47H,6-18,20H2,1H3,(H,52,53,54)(H,55,56,57)(H2,30,31,36,38,39)(H2,32,35,37,40,41)/b21-5+. The summed E-state index contributed by atoms with van der Waals surface area (Å²) in [5.74, 6) is -0.546. The van der Waals surface area contributed by atoms with Gasteiger partial charge in [0.15, 0.2) is 5.08 Å². The van der Waals surface area contributed by atoms with Gasteiger partial charge in [-0.2, -0.15) is 46.7 Å². The van der Waals surface area contributed by atoms with Gasteiger partial charge in [0.1, 0.15) is 0 Å². The fourth-order valence-electron chi connectivity index (χ4n) is 4.72. The molecule has 28 nitrogen and oxygen atoms in total. The van der Waals surface area contributed by atoms with Crippen LogP contribution in [-0.2, 0) is 40.3 Å². The van der Waals surface area contributed by atoms with Gasteiger partial charge in [0.05, 0.1) is 36.2 Å². The second-order valence-electron chi connectivity index (χ2n) is 12.2. The Kier molecular flexibility index (Phi) is 19.5. The molecule has 0 spiro atoms. The third-order valence-corrected chi connectivity index (χ3v) is 13.1. The number of aliphatic hydroxyl groups is 4. The van der Waals surface area contributed by atoms with E-state index in [0.29, 0.717) is 0 Å². The minimum Gasteiger partial charge on any atom is -0.395 e. The zero-order valence-corrected chi connectivity index (χ0v) is 35.7. The van der Waals surface area contributed by atoms with Crippen molar-refractivity contribution in [3.05, 3.63) is 35.2 Å². The molecule has 0 saturated carbocycles. The molecule has 0 aliphatic heterocycles. The van der Waals surface area contributed by atoms with E-state index in [2.05, 4.69) is 60.6 Å². The molecule has 2 aromatic heterocycles. The largest absolute Gasteiger partial charge is 0.395 e. The van der Waals surface area contributed by atoms with E-state index >= 15 is 0 Å². The number of sulfonamides is 2. The maximum absolute atomic E-state index is 12.7. The van der Waals surface area contributed by atoms with E-state index in [4.69, 9.17) is 4.55 Å². The van der Waals surface area contributed by atoms with Crippen LogP contribution in [0.15, 0.2) is 40.1 Å². The van der Waals surface area contributed by atoms with Gasteiger partial charge >= 0.3 is 0 Å². The number of aromatic nitrogens is 6. The third kappa shape index (κ3) is 18.0. The van der Waals surface area contributed by atoms with E-state index in [0.717, 1.165) is 25.1 Å². The average molecular weight is 945 g/mol. The van der Waals surface area contributed by atoms with Gasteiger partial charge < -0.3 is 51.5 Å². The molecule has 3 aromatic rings. The molecule has 0 atom stereocenters. The van der Waals surface area contributed by atoms with Crippen molar-refractivity contribution >= 4 is 81.7 Å². The maximum atomic E-state index is 12.7. The SMILES string of the molecule is C/C(=C\CNc1nc(NCCNS(=O)(=O)CS(=O)(=O)NCCNc2nc(Nc3cccc(S(=O)(=O)O)c3)nc(N(CCO)CCO)n2)nc(N(CCO)CCO)n1)S(=O)(=O)O. The summed E-state index contributed by atoms with van der Waals surface area (Å²) in [6.07, 6.45) is 1.15. The van der Waals surface area contributed by atoms with Crippen molar-refractivity contribution in [2.45, 2.75) is 11.8 Å². The monoisotopic (exact) mass is 944 g/mol. The molecular formula is C29H48N14O14S4. The van der Waals surface area contributed by atoms with Crippen LogP contribution in [0, 0.1) is 0 Å². The number of benzene rings is 1. The summed E-state index contributed by atoms with van der Waals surface area (Å²) in [4.78, 5) is 27.2. The maximum Gasteiger partial charge on any atom is 0.294 e. The summed E-state index contributed by atoms with van der Waals surface area (Å²) in [5.41, 5.74) is 0.149. The Labute approximate surface area is 351 Å². The number of aliphatic hydroxyl groups excluding tert-OH is 4. The minimum atomic E-state index is -4.54. The topological polar surface area (TPSA) is 414 Å². The predicted molar refractivity (Wildman–Crippen MR) is 221 cm³/mol. The van der Waals surface area contributed by atoms with E-state index < -0.39 is 50.3 Å². The van der Waals surface area contributed by atoms with Gasteiger partial charge in [-0.15, -0.1) is 0 Å². The van der Waals surface area contributed by atoms with Crippen molar-refractivity contribution in [3.63, 3.8) is 0 Å². The molecule has 0 saturated heterocycles. The summed E-state index contributed by atoms with van der Waals surface area (Å²) in [7, 11) is -17.9. The van der Waals surface area contributed by atoms with Gasteiger partial charge in [-0.05, 0) is 31.2 Å². The summed E-state index contributed by atoms with van der Waals surface area (Å²) >= 11 is 0. The lowest BCUT2D eigenvalue weighted by Crippen LogP contribution is -2.39. The summed E-state index contributed by atoms with van der Waals surface area (Å²) in [6, 6.07) is 5.06. The Balaban J connectivity index is 1.63. The van der Waals surface area contributed by atoms with E-state index in [-0.39, 0.29) is 132 Å². The normalized spacial score (nSPS) is 12.5. The zero-order chi connectivity index (χ0) is 45.3. The molecule has 61 heavy (non-hydrogen) atoms. The van der Waals surface area contributed by atoms with Gasteiger partial charge in [-0.25, -0.2) is 26.3 Å². The first-order valence-electron chi connectivity index (χ1n) is 17.8. The predicted octanol–water partition coefficient (Wildman–Crippen LogP) is -3.85. The highest BCUT2D eigenvalue weighted by atomic mass is 32.3. The van der Waals surface area contributed by atoms with Crippen molar-refractivity contribution in [1.82, 2.24) is 39.3 Å². The van der Waals surface area contributed by atoms with Crippen LogP contribution in [0.2, 0.25) is 0 Å². The quantitative estimate of drug-likeness (QED) is 0.0234. The van der Waals surface area contributed by atoms with E-state index in [1.54, 1.807) is 0 Å². The zero-order valence-electron chi connectivity index (χ0n) is 32.4. The van der Waals surface area contributed by atoms with Crippen molar-refractivity contribution < 1.29 is 63.2 Å². The molecule has 0 fully saturated rings. The molecule has 0 unspecified atom stereocenters. The molecule has 12 N–H and O–H groups in total. The minimum absolute atomic E-state index is 0.00566. The number of nitrogens with zero attached hydrogens (tertiary/aromatic N) is 8. The van der Waals surface area contributed by atoms with E-state index in [1.807, 2.05) is 0 Å². The summed E-state index contributed by atoms with van der Waals surface area (Å²) in [5, 5.41) is 47.5. The second kappa shape index (κ2) is 23.5. The van der Waals surface area contributed by atoms with Crippen LogP contribution >= 0.6 is 0 Å². The van der Waals surface area contributed by atoms with Crippen molar-refractivity contribution in [2.75, 3.05) is 121 Å².